The Kier molecular flexibility index (Phi) is 5.91. The number of methoxy groups -OCH3 is 2. The Hall–Kier alpha value is -2.66. The smallest absolute Gasteiger partial charge is 0.414 e. The molecule has 1 amide bonds. The number of hydrogen-bond donors (Lipinski definition) is 0. The summed E-state index contributed by atoms with van der Waals surface area (Å²) >= 11 is 6.34. The number of nitrogens with zero attached hydrogens (tertiary/aromatic N) is 1. The fourth-order valence-corrected chi connectivity index (χ4v) is 3.34. The van der Waals surface area contributed by atoms with Crippen molar-refractivity contribution in [1.82, 2.24) is 4.90 Å². The third-order valence-corrected chi connectivity index (χ3v) is 4.81. The van der Waals surface area contributed by atoms with Crippen LogP contribution in [-0.4, -0.2) is 38.4 Å². The minimum absolute atomic E-state index is 0.313. The van der Waals surface area contributed by atoms with Crippen LogP contribution in [0.5, 0.6) is 11.5 Å². The number of amides is 1. The Balaban J connectivity index is 2.17. The number of carbonyl (C=O) groups is 1. The van der Waals surface area contributed by atoms with Crippen LogP contribution in [0.2, 0.25) is 5.02 Å². The zero-order chi connectivity index (χ0) is 19.4. The van der Waals surface area contributed by atoms with E-state index in [4.69, 9.17) is 25.8 Å². The van der Waals surface area contributed by atoms with E-state index in [1.54, 1.807) is 26.0 Å². The van der Waals surface area contributed by atoms with Gasteiger partial charge in [0.15, 0.2) is 11.5 Å². The van der Waals surface area contributed by atoms with E-state index in [0.717, 1.165) is 22.4 Å². The van der Waals surface area contributed by atoms with Gasteiger partial charge >= 0.3 is 6.09 Å². The van der Waals surface area contributed by atoms with Crippen LogP contribution in [0, 0.1) is 0 Å². The molecular formula is C21H22ClNO4. The summed E-state index contributed by atoms with van der Waals surface area (Å²) in [6, 6.07) is 11.4. The second-order valence-electron chi connectivity index (χ2n) is 6.02. The summed E-state index contributed by atoms with van der Waals surface area (Å²) < 4.78 is 16.1. The highest BCUT2D eigenvalue weighted by Crippen LogP contribution is 2.39. The van der Waals surface area contributed by atoms with Gasteiger partial charge < -0.3 is 14.2 Å². The first-order chi connectivity index (χ1) is 13.1. The number of ether oxygens (including phenoxy) is 3. The third kappa shape index (κ3) is 3.88. The van der Waals surface area contributed by atoms with Crippen LogP contribution in [-0.2, 0) is 11.2 Å². The molecule has 0 saturated carbocycles. The van der Waals surface area contributed by atoms with E-state index >= 15 is 0 Å². The topological polar surface area (TPSA) is 48.0 Å². The molecule has 0 bridgehead atoms. The molecule has 1 heterocycles. The fraction of sp³-hybridized carbons (Fsp3) is 0.286. The van der Waals surface area contributed by atoms with Gasteiger partial charge in [-0.3, -0.25) is 4.90 Å². The van der Waals surface area contributed by atoms with Gasteiger partial charge in [-0.2, -0.15) is 0 Å². The minimum Gasteiger partial charge on any atom is -0.493 e. The molecule has 3 rings (SSSR count). The molecule has 0 aliphatic carbocycles. The Morgan fingerprint density at radius 1 is 1.19 bits per heavy atom. The van der Waals surface area contributed by atoms with Crippen LogP contribution in [0.4, 0.5) is 4.79 Å². The molecule has 0 saturated heterocycles. The average molecular weight is 388 g/mol. The van der Waals surface area contributed by atoms with E-state index in [2.05, 4.69) is 0 Å². The molecule has 0 atom stereocenters. The van der Waals surface area contributed by atoms with Gasteiger partial charge in [-0.15, -0.1) is 0 Å². The van der Waals surface area contributed by atoms with Crippen LogP contribution >= 0.6 is 11.6 Å². The molecule has 0 radical (unpaired) electrons. The lowest BCUT2D eigenvalue weighted by molar-refractivity contribution is 0.125. The molecule has 0 spiro atoms. The number of rotatable bonds is 4. The van der Waals surface area contributed by atoms with E-state index < -0.39 is 0 Å². The second-order valence-corrected chi connectivity index (χ2v) is 6.42. The van der Waals surface area contributed by atoms with Gasteiger partial charge in [0, 0.05) is 17.1 Å². The molecule has 5 nitrogen and oxygen atoms in total. The predicted molar refractivity (Wildman–Crippen MR) is 106 cm³/mol. The summed E-state index contributed by atoms with van der Waals surface area (Å²) in [7, 11) is 3.20. The first kappa shape index (κ1) is 19.1. The van der Waals surface area contributed by atoms with Gasteiger partial charge in [0.05, 0.1) is 26.5 Å². The van der Waals surface area contributed by atoms with Crippen molar-refractivity contribution < 1.29 is 19.0 Å². The Morgan fingerprint density at radius 2 is 1.89 bits per heavy atom. The van der Waals surface area contributed by atoms with Gasteiger partial charge in [0.25, 0.3) is 0 Å². The Morgan fingerprint density at radius 3 is 2.56 bits per heavy atom. The maximum Gasteiger partial charge on any atom is 0.414 e. The molecule has 0 aromatic heterocycles. The predicted octanol–water partition coefficient (Wildman–Crippen LogP) is 4.87. The Bertz CT molecular complexity index is 878. The molecule has 6 heteroatoms. The van der Waals surface area contributed by atoms with Gasteiger partial charge in [-0.05, 0) is 48.7 Å². The molecule has 2 aromatic rings. The van der Waals surface area contributed by atoms with E-state index in [-0.39, 0.29) is 6.09 Å². The highest BCUT2D eigenvalue weighted by molar-refractivity contribution is 6.32. The molecular weight excluding hydrogens is 366 g/mol. The van der Waals surface area contributed by atoms with Gasteiger partial charge in [0.1, 0.15) is 0 Å². The van der Waals surface area contributed by atoms with Crippen molar-refractivity contribution in [3.8, 4) is 11.5 Å². The van der Waals surface area contributed by atoms with E-state index in [0.29, 0.717) is 36.1 Å². The summed E-state index contributed by atoms with van der Waals surface area (Å²) in [5.74, 6) is 1.27. The highest BCUT2D eigenvalue weighted by atomic mass is 35.5. The van der Waals surface area contributed by atoms with Crippen molar-refractivity contribution in [3.05, 3.63) is 58.1 Å². The SMILES string of the molecule is CCOC(=O)N1CCc2cc(OC)c(OC)cc2/C1=C\c1ccccc1Cl. The van der Waals surface area contributed by atoms with Crippen molar-refractivity contribution in [3.63, 3.8) is 0 Å². The number of fused-ring (bicyclic) bond motifs is 1. The summed E-state index contributed by atoms with van der Waals surface area (Å²) in [6.07, 6.45) is 2.22. The van der Waals surface area contributed by atoms with Gasteiger partial charge in [-0.25, -0.2) is 4.79 Å². The van der Waals surface area contributed by atoms with Gasteiger partial charge in [0.2, 0.25) is 0 Å². The van der Waals surface area contributed by atoms with Crippen molar-refractivity contribution in [1.29, 1.82) is 0 Å². The minimum atomic E-state index is -0.378. The molecule has 142 valence electrons. The molecule has 1 aliphatic rings. The summed E-state index contributed by atoms with van der Waals surface area (Å²) in [4.78, 5) is 14.2. The monoisotopic (exact) mass is 387 g/mol. The van der Waals surface area contributed by atoms with Crippen LogP contribution in [0.1, 0.15) is 23.6 Å². The lowest BCUT2D eigenvalue weighted by atomic mass is 9.94. The van der Waals surface area contributed by atoms with Crippen molar-refractivity contribution in [2.45, 2.75) is 13.3 Å². The number of benzene rings is 2. The molecule has 0 N–H and O–H groups in total. The van der Waals surface area contributed by atoms with Crippen LogP contribution in [0.15, 0.2) is 36.4 Å². The lowest BCUT2D eigenvalue weighted by Crippen LogP contribution is -2.35. The maximum atomic E-state index is 12.5. The quantitative estimate of drug-likeness (QED) is 0.750. The first-order valence-electron chi connectivity index (χ1n) is 8.74. The molecule has 0 fully saturated rings. The first-order valence-corrected chi connectivity index (χ1v) is 9.12. The van der Waals surface area contributed by atoms with E-state index in [1.807, 2.05) is 42.5 Å². The van der Waals surface area contributed by atoms with E-state index in [9.17, 15) is 4.79 Å². The summed E-state index contributed by atoms with van der Waals surface area (Å²) in [6.45, 7) is 2.62. The van der Waals surface area contributed by atoms with Crippen LogP contribution in [0.3, 0.4) is 0 Å². The van der Waals surface area contributed by atoms with E-state index in [1.165, 1.54) is 0 Å². The van der Waals surface area contributed by atoms with Crippen molar-refractivity contribution >= 4 is 29.5 Å². The fourth-order valence-electron chi connectivity index (χ4n) is 3.15. The number of carbonyl (C=O) groups excluding carboxylic acids is 1. The standard InChI is InChI=1S/C21H22ClNO4/c1-4-27-21(24)23-10-9-14-12-19(25-2)20(26-3)13-16(14)18(23)11-15-7-5-6-8-17(15)22/h5-8,11-13H,4,9-10H2,1-3H3/b18-11+. The zero-order valence-corrected chi connectivity index (χ0v) is 16.4. The Labute approximate surface area is 164 Å². The normalized spacial score (nSPS) is 14.7. The highest BCUT2D eigenvalue weighted by Gasteiger charge is 2.28. The van der Waals surface area contributed by atoms with Crippen molar-refractivity contribution in [2.75, 3.05) is 27.4 Å². The molecule has 27 heavy (non-hydrogen) atoms. The number of hydrogen-bond acceptors (Lipinski definition) is 4. The average Bonchev–Trinajstić information content (AvgIpc) is 2.68. The summed E-state index contributed by atoms with van der Waals surface area (Å²) in [5.41, 5.74) is 3.52. The number of halogens is 1. The van der Waals surface area contributed by atoms with Crippen molar-refractivity contribution in [2.24, 2.45) is 0 Å². The third-order valence-electron chi connectivity index (χ3n) is 4.47. The largest absolute Gasteiger partial charge is 0.493 e. The van der Waals surface area contributed by atoms with Gasteiger partial charge in [-0.1, -0.05) is 29.8 Å². The molecule has 1 aliphatic heterocycles. The second kappa shape index (κ2) is 8.35. The van der Waals surface area contributed by atoms with Crippen LogP contribution < -0.4 is 9.47 Å². The molecule has 2 aromatic carbocycles. The lowest BCUT2D eigenvalue weighted by Gasteiger charge is -2.31. The molecule has 0 unspecified atom stereocenters. The zero-order valence-electron chi connectivity index (χ0n) is 15.6. The summed E-state index contributed by atoms with van der Waals surface area (Å²) in [5, 5.41) is 0.612. The maximum absolute atomic E-state index is 12.5. The van der Waals surface area contributed by atoms with Crippen LogP contribution in [0.25, 0.3) is 11.8 Å².